The minimum atomic E-state index is 0.201. The molecule has 0 aromatic heterocycles. The van der Waals surface area contributed by atoms with Gasteiger partial charge in [-0.05, 0) is 84.7 Å². The zero-order valence-corrected chi connectivity index (χ0v) is 21.2. The molecule has 2 aliphatic heterocycles. The minimum absolute atomic E-state index is 0.201. The Bertz CT molecular complexity index is 1180. The molecule has 0 unspecified atom stereocenters. The van der Waals surface area contributed by atoms with Crippen LogP contribution in [-0.2, 0) is 17.8 Å². The summed E-state index contributed by atoms with van der Waals surface area (Å²) >= 11 is 1.80. The summed E-state index contributed by atoms with van der Waals surface area (Å²) in [6.07, 6.45) is 3.38. The molecule has 0 N–H and O–H groups in total. The lowest BCUT2D eigenvalue weighted by molar-refractivity contribution is -0.132. The third-order valence-electron chi connectivity index (χ3n) is 6.84. The predicted molar refractivity (Wildman–Crippen MR) is 141 cm³/mol. The van der Waals surface area contributed by atoms with E-state index < -0.39 is 0 Å². The van der Waals surface area contributed by atoms with Gasteiger partial charge in [0.25, 0.3) is 0 Å². The lowest BCUT2D eigenvalue weighted by atomic mass is 9.89. The summed E-state index contributed by atoms with van der Waals surface area (Å²) in [5.74, 6) is 2.40. The van der Waals surface area contributed by atoms with E-state index in [0.29, 0.717) is 30.3 Å². The van der Waals surface area contributed by atoms with E-state index in [0.717, 1.165) is 68.1 Å². The molecule has 1 amide bonds. The molecule has 2 aromatic rings. The van der Waals surface area contributed by atoms with E-state index in [9.17, 15) is 4.79 Å². The summed E-state index contributed by atoms with van der Waals surface area (Å²) < 4.78 is 5.37. The Kier molecular flexibility index (Phi) is 8.97. The van der Waals surface area contributed by atoms with Crippen molar-refractivity contribution in [1.82, 2.24) is 9.80 Å². The standard InChI is InChI=1S/C25H30N8O2S/c1-35-22-4-5-24-20(15-22)17-33(12-13-36-24)25(34)8-11-32-9-6-18(7-10-32)14-19-2-3-21(28-30-26)16-23(19)29-31-27/h2-5,15-16,18H,6-14,17H2,1H3. The number of thioether (sulfide) groups is 1. The van der Waals surface area contributed by atoms with E-state index in [1.165, 1.54) is 4.90 Å². The number of benzene rings is 2. The van der Waals surface area contributed by atoms with Crippen LogP contribution >= 0.6 is 11.8 Å². The third-order valence-corrected chi connectivity index (χ3v) is 7.94. The molecule has 0 bridgehead atoms. The summed E-state index contributed by atoms with van der Waals surface area (Å²) in [5, 5.41) is 7.38. The van der Waals surface area contributed by atoms with E-state index >= 15 is 0 Å². The number of rotatable bonds is 8. The molecule has 10 nitrogen and oxygen atoms in total. The van der Waals surface area contributed by atoms with Crippen LogP contribution in [0, 0.1) is 5.92 Å². The Morgan fingerprint density at radius 1 is 1.11 bits per heavy atom. The largest absolute Gasteiger partial charge is 0.497 e. The van der Waals surface area contributed by atoms with Crippen molar-refractivity contribution in [1.29, 1.82) is 0 Å². The first-order chi connectivity index (χ1) is 17.6. The van der Waals surface area contributed by atoms with Crippen molar-refractivity contribution in [3.8, 4) is 5.75 Å². The van der Waals surface area contributed by atoms with Gasteiger partial charge in [-0.1, -0.05) is 22.4 Å². The number of piperidine rings is 1. The molecule has 2 aromatic carbocycles. The summed E-state index contributed by atoms with van der Waals surface area (Å²) in [6, 6.07) is 11.4. The fourth-order valence-electron chi connectivity index (χ4n) is 4.83. The van der Waals surface area contributed by atoms with Crippen LogP contribution in [0.3, 0.4) is 0 Å². The smallest absolute Gasteiger partial charge is 0.224 e. The molecule has 0 radical (unpaired) electrons. The van der Waals surface area contributed by atoms with E-state index in [1.807, 2.05) is 23.1 Å². The van der Waals surface area contributed by atoms with E-state index in [2.05, 4.69) is 31.0 Å². The molecule has 0 saturated carbocycles. The average molecular weight is 507 g/mol. The van der Waals surface area contributed by atoms with Gasteiger partial charge in [0.05, 0.1) is 7.11 Å². The normalized spacial score (nSPS) is 16.3. The van der Waals surface area contributed by atoms with Crippen LogP contribution in [0.2, 0.25) is 0 Å². The van der Waals surface area contributed by atoms with Crippen LogP contribution in [0.4, 0.5) is 11.4 Å². The van der Waals surface area contributed by atoms with E-state index in [-0.39, 0.29) is 5.91 Å². The van der Waals surface area contributed by atoms with Crippen LogP contribution in [0.1, 0.15) is 30.4 Å². The van der Waals surface area contributed by atoms with Crippen molar-refractivity contribution < 1.29 is 9.53 Å². The number of ether oxygens (including phenoxy) is 1. The van der Waals surface area contributed by atoms with Gasteiger partial charge in [0.2, 0.25) is 5.91 Å². The van der Waals surface area contributed by atoms with Gasteiger partial charge < -0.3 is 14.5 Å². The van der Waals surface area contributed by atoms with Crippen LogP contribution in [0.15, 0.2) is 51.5 Å². The molecule has 36 heavy (non-hydrogen) atoms. The van der Waals surface area contributed by atoms with Crippen molar-refractivity contribution in [3.63, 3.8) is 0 Å². The highest BCUT2D eigenvalue weighted by Crippen LogP contribution is 2.32. The maximum atomic E-state index is 13.0. The minimum Gasteiger partial charge on any atom is -0.497 e. The zero-order chi connectivity index (χ0) is 25.3. The SMILES string of the molecule is COc1ccc2c(c1)CN(C(=O)CCN1CCC(Cc3ccc(N=[N+]=[N-])cc3N=[N+]=[N-])CC1)CCS2. The molecular formula is C25H30N8O2S. The first-order valence-electron chi connectivity index (χ1n) is 12.1. The Morgan fingerprint density at radius 2 is 1.92 bits per heavy atom. The topological polar surface area (TPSA) is 130 Å². The lowest BCUT2D eigenvalue weighted by Gasteiger charge is -2.32. The molecular weight excluding hydrogens is 476 g/mol. The number of nitrogens with zero attached hydrogens (tertiary/aromatic N) is 8. The maximum absolute atomic E-state index is 13.0. The Morgan fingerprint density at radius 3 is 2.67 bits per heavy atom. The van der Waals surface area contributed by atoms with Crippen LogP contribution in [-0.4, -0.2) is 54.7 Å². The van der Waals surface area contributed by atoms with Crippen LogP contribution < -0.4 is 4.74 Å². The van der Waals surface area contributed by atoms with E-state index in [1.54, 1.807) is 31.0 Å². The van der Waals surface area contributed by atoms with Crippen molar-refractivity contribution in [3.05, 3.63) is 68.4 Å². The Hall–Kier alpha value is -3.36. The number of carbonyl (C=O) groups is 1. The van der Waals surface area contributed by atoms with Gasteiger partial charge in [-0.3, -0.25) is 4.79 Å². The highest BCUT2D eigenvalue weighted by molar-refractivity contribution is 7.99. The van der Waals surface area contributed by atoms with Gasteiger partial charge in [-0.15, -0.1) is 11.8 Å². The molecule has 4 rings (SSSR count). The second-order valence-corrected chi connectivity index (χ2v) is 10.2. The number of likely N-dealkylation sites (tertiary alicyclic amines) is 1. The van der Waals surface area contributed by atoms with Gasteiger partial charge in [0.1, 0.15) is 5.75 Å². The highest BCUT2D eigenvalue weighted by atomic mass is 32.2. The quantitative estimate of drug-likeness (QED) is 0.234. The number of azide groups is 2. The molecule has 0 spiro atoms. The van der Waals surface area contributed by atoms with Gasteiger partial charge in [0, 0.05) is 57.9 Å². The number of fused-ring (bicyclic) bond motifs is 1. The molecule has 2 heterocycles. The summed E-state index contributed by atoms with van der Waals surface area (Å²) in [7, 11) is 1.67. The first kappa shape index (κ1) is 25.7. The maximum Gasteiger partial charge on any atom is 0.224 e. The van der Waals surface area contributed by atoms with Crippen molar-refractivity contribution in [2.24, 2.45) is 16.1 Å². The molecule has 1 saturated heterocycles. The third kappa shape index (κ3) is 6.65. The molecule has 1 fully saturated rings. The van der Waals surface area contributed by atoms with Crippen molar-refractivity contribution >= 4 is 29.0 Å². The summed E-state index contributed by atoms with van der Waals surface area (Å²) in [5.41, 5.74) is 20.6. The van der Waals surface area contributed by atoms with Gasteiger partial charge >= 0.3 is 0 Å². The number of methoxy groups -OCH3 is 1. The molecule has 0 aliphatic carbocycles. The highest BCUT2D eigenvalue weighted by Gasteiger charge is 2.23. The van der Waals surface area contributed by atoms with Gasteiger partial charge in [-0.2, -0.15) is 0 Å². The van der Waals surface area contributed by atoms with Gasteiger partial charge in [-0.25, -0.2) is 0 Å². The average Bonchev–Trinajstić information content (AvgIpc) is 3.12. The molecule has 188 valence electrons. The van der Waals surface area contributed by atoms with Crippen molar-refractivity contribution in [2.45, 2.75) is 37.1 Å². The van der Waals surface area contributed by atoms with Crippen LogP contribution in [0.5, 0.6) is 5.75 Å². The molecule has 11 heteroatoms. The number of hydrogen-bond donors (Lipinski definition) is 0. The molecule has 2 aliphatic rings. The first-order valence-corrected chi connectivity index (χ1v) is 13.1. The van der Waals surface area contributed by atoms with Crippen LogP contribution in [0.25, 0.3) is 20.9 Å². The second-order valence-electron chi connectivity index (χ2n) is 9.07. The Labute approximate surface area is 214 Å². The number of hydrogen-bond acceptors (Lipinski definition) is 6. The van der Waals surface area contributed by atoms with Crippen molar-refractivity contribution in [2.75, 3.05) is 39.0 Å². The monoisotopic (exact) mass is 506 g/mol. The summed E-state index contributed by atoms with van der Waals surface area (Å²) in [6.45, 7) is 4.05. The zero-order valence-electron chi connectivity index (χ0n) is 20.4. The summed E-state index contributed by atoms with van der Waals surface area (Å²) in [4.78, 5) is 24.3. The molecule has 0 atom stereocenters. The fourth-order valence-corrected chi connectivity index (χ4v) is 5.83. The fraction of sp³-hybridized carbons (Fsp3) is 0.480. The number of carbonyl (C=O) groups excluding carboxylic acids is 1. The Balaban J connectivity index is 1.27. The number of amides is 1. The predicted octanol–water partition coefficient (Wildman–Crippen LogP) is 6.36. The second kappa shape index (κ2) is 12.6. The van der Waals surface area contributed by atoms with Gasteiger partial charge in [0.15, 0.2) is 0 Å². The lowest BCUT2D eigenvalue weighted by Crippen LogP contribution is -2.38. The van der Waals surface area contributed by atoms with E-state index in [4.69, 9.17) is 15.8 Å².